The summed E-state index contributed by atoms with van der Waals surface area (Å²) in [6.45, 7) is -0.205. The van der Waals surface area contributed by atoms with Crippen molar-refractivity contribution in [1.82, 2.24) is 0 Å². The van der Waals surface area contributed by atoms with Gasteiger partial charge in [0.15, 0.2) is 0 Å². The van der Waals surface area contributed by atoms with Crippen LogP contribution in [0.25, 0.3) is 6.08 Å². The molecular weight excluding hydrogens is 495 g/mol. The first kappa shape index (κ1) is 24.7. The summed E-state index contributed by atoms with van der Waals surface area (Å²) >= 11 is 0. The molecule has 3 atom stereocenters. The third-order valence-corrected chi connectivity index (χ3v) is 9.06. The summed E-state index contributed by atoms with van der Waals surface area (Å²) in [4.78, 5) is 10.6. The summed E-state index contributed by atoms with van der Waals surface area (Å²) in [5.74, 6) is 0.453. The van der Waals surface area contributed by atoms with Gasteiger partial charge in [0.1, 0.15) is 11.9 Å². The SMILES string of the molecule is O=C(O)CCC1CN(S(=O)(=O)c2cccc(C(F)(F)F)c2)c2cc(/C=C3\CC4CCC3C4)ccc2O1. The number of sulfonamides is 1. The molecule has 2 fully saturated rings. The molecular formula is C26H26F3NO5S. The molecule has 0 radical (unpaired) electrons. The third-order valence-electron chi connectivity index (χ3n) is 7.29. The van der Waals surface area contributed by atoms with E-state index in [0.717, 1.165) is 40.9 Å². The molecule has 2 aliphatic carbocycles. The second-order valence-electron chi connectivity index (χ2n) is 9.76. The molecule has 0 aromatic heterocycles. The number of carboxylic acids is 1. The van der Waals surface area contributed by atoms with Crippen LogP contribution in [0.15, 0.2) is 52.9 Å². The minimum absolute atomic E-state index is 0.0538. The maximum Gasteiger partial charge on any atom is 0.416 e. The lowest BCUT2D eigenvalue weighted by Gasteiger charge is -2.35. The maximum atomic E-state index is 13.6. The van der Waals surface area contributed by atoms with Crippen molar-refractivity contribution in [2.75, 3.05) is 10.8 Å². The van der Waals surface area contributed by atoms with E-state index in [-0.39, 0.29) is 30.8 Å². The van der Waals surface area contributed by atoms with Crippen LogP contribution in [-0.4, -0.2) is 32.1 Å². The minimum atomic E-state index is -4.70. The van der Waals surface area contributed by atoms with Gasteiger partial charge < -0.3 is 9.84 Å². The van der Waals surface area contributed by atoms with E-state index in [1.54, 1.807) is 12.1 Å². The van der Waals surface area contributed by atoms with Crippen molar-refractivity contribution >= 4 is 27.8 Å². The van der Waals surface area contributed by atoms with Crippen molar-refractivity contribution in [2.45, 2.75) is 55.7 Å². The number of halogens is 3. The Balaban J connectivity index is 1.54. The number of ether oxygens (including phenoxy) is 1. The lowest BCUT2D eigenvalue weighted by atomic mass is 9.93. The van der Waals surface area contributed by atoms with Crippen LogP contribution in [0.4, 0.5) is 18.9 Å². The van der Waals surface area contributed by atoms with Gasteiger partial charge in [0.2, 0.25) is 0 Å². The van der Waals surface area contributed by atoms with Crippen molar-refractivity contribution in [3.63, 3.8) is 0 Å². The second-order valence-corrected chi connectivity index (χ2v) is 11.6. The van der Waals surface area contributed by atoms with E-state index in [2.05, 4.69) is 6.08 Å². The normalized spacial score (nSPS) is 24.6. The molecule has 3 unspecified atom stereocenters. The minimum Gasteiger partial charge on any atom is -0.486 e. The monoisotopic (exact) mass is 521 g/mol. The summed E-state index contributed by atoms with van der Waals surface area (Å²) in [6, 6.07) is 8.80. The van der Waals surface area contributed by atoms with Crippen LogP contribution < -0.4 is 9.04 Å². The van der Waals surface area contributed by atoms with E-state index in [1.807, 2.05) is 6.07 Å². The van der Waals surface area contributed by atoms with Gasteiger partial charge in [-0.3, -0.25) is 9.10 Å². The molecule has 2 bridgehead atoms. The summed E-state index contributed by atoms with van der Waals surface area (Å²) in [5, 5.41) is 9.07. The van der Waals surface area contributed by atoms with Crippen LogP contribution in [0.5, 0.6) is 5.75 Å². The highest BCUT2D eigenvalue weighted by Crippen LogP contribution is 2.49. The van der Waals surface area contributed by atoms with E-state index < -0.39 is 38.7 Å². The first-order valence-corrected chi connectivity index (χ1v) is 13.4. The van der Waals surface area contributed by atoms with Gasteiger partial charge in [0.25, 0.3) is 10.0 Å². The Bertz CT molecular complexity index is 1320. The van der Waals surface area contributed by atoms with Gasteiger partial charge in [-0.05, 0) is 79.8 Å². The summed E-state index contributed by atoms with van der Waals surface area (Å²) < 4.78 is 74.2. The Hall–Kier alpha value is -3.01. The van der Waals surface area contributed by atoms with Crippen molar-refractivity contribution in [2.24, 2.45) is 11.8 Å². The van der Waals surface area contributed by atoms with Crippen LogP contribution in [0.3, 0.4) is 0 Å². The van der Waals surface area contributed by atoms with Gasteiger partial charge in [0, 0.05) is 6.42 Å². The van der Waals surface area contributed by atoms with Gasteiger partial charge >= 0.3 is 12.1 Å². The number of carbonyl (C=O) groups is 1. The molecule has 5 rings (SSSR count). The Morgan fingerprint density at radius 3 is 2.64 bits per heavy atom. The standard InChI is InChI=1S/C26H26F3NO5S/c27-26(28,29)20-2-1-3-22(14-20)36(33,34)30-15-21(7-9-25(31)32)35-24-8-5-17(13-23(24)30)12-19-11-16-4-6-18(19)10-16/h1-3,5,8,12-14,16,18,21H,4,6-7,9-11,15H2,(H,31,32)/b19-12+. The molecule has 2 aromatic rings. The smallest absolute Gasteiger partial charge is 0.416 e. The number of fused-ring (bicyclic) bond motifs is 3. The third kappa shape index (κ3) is 4.83. The molecule has 0 amide bonds. The van der Waals surface area contributed by atoms with Gasteiger partial charge in [-0.25, -0.2) is 8.42 Å². The van der Waals surface area contributed by atoms with Gasteiger partial charge in [0.05, 0.1) is 22.7 Å². The highest BCUT2D eigenvalue weighted by atomic mass is 32.2. The Labute approximate surface area is 207 Å². The molecule has 36 heavy (non-hydrogen) atoms. The Kier molecular flexibility index (Phi) is 6.26. The molecule has 1 aliphatic heterocycles. The zero-order valence-electron chi connectivity index (χ0n) is 19.4. The van der Waals surface area contributed by atoms with Crippen LogP contribution in [-0.2, 0) is 21.0 Å². The number of hydrogen-bond donors (Lipinski definition) is 1. The number of hydrogen-bond acceptors (Lipinski definition) is 4. The van der Waals surface area contributed by atoms with Crippen LogP contribution in [0, 0.1) is 11.8 Å². The fraction of sp³-hybridized carbons (Fsp3) is 0.423. The average Bonchev–Trinajstić information content (AvgIpc) is 3.45. The molecule has 0 spiro atoms. The average molecular weight is 522 g/mol. The van der Waals surface area contributed by atoms with Crippen LogP contribution in [0.1, 0.15) is 49.7 Å². The van der Waals surface area contributed by atoms with Crippen molar-refractivity contribution < 1.29 is 36.2 Å². The molecule has 192 valence electrons. The molecule has 1 heterocycles. The van der Waals surface area contributed by atoms with E-state index in [4.69, 9.17) is 9.84 Å². The zero-order chi connectivity index (χ0) is 25.7. The predicted molar refractivity (Wildman–Crippen MR) is 127 cm³/mol. The predicted octanol–water partition coefficient (Wildman–Crippen LogP) is 5.73. The van der Waals surface area contributed by atoms with Gasteiger partial charge in [-0.1, -0.05) is 23.8 Å². The van der Waals surface area contributed by atoms with Crippen molar-refractivity contribution in [1.29, 1.82) is 0 Å². The number of alkyl halides is 3. The highest BCUT2D eigenvalue weighted by molar-refractivity contribution is 7.92. The number of rotatable bonds is 6. The fourth-order valence-corrected chi connectivity index (χ4v) is 7.07. The topological polar surface area (TPSA) is 83.9 Å². The lowest BCUT2D eigenvalue weighted by Crippen LogP contribution is -2.43. The molecule has 0 saturated heterocycles. The van der Waals surface area contributed by atoms with Crippen molar-refractivity contribution in [3.05, 3.63) is 59.2 Å². The number of allylic oxidation sites excluding steroid dienone is 1. The molecule has 2 aromatic carbocycles. The first-order chi connectivity index (χ1) is 17.0. The Morgan fingerprint density at radius 2 is 1.97 bits per heavy atom. The second kappa shape index (κ2) is 9.14. The van der Waals surface area contributed by atoms with E-state index in [1.165, 1.54) is 18.4 Å². The molecule has 1 N–H and O–H groups in total. The zero-order valence-corrected chi connectivity index (χ0v) is 20.2. The van der Waals surface area contributed by atoms with E-state index in [0.29, 0.717) is 17.9 Å². The van der Waals surface area contributed by atoms with Crippen LogP contribution in [0.2, 0.25) is 0 Å². The number of nitrogens with zero attached hydrogens (tertiary/aromatic N) is 1. The quantitative estimate of drug-likeness (QED) is 0.525. The fourth-order valence-electron chi connectivity index (χ4n) is 5.53. The first-order valence-electron chi connectivity index (χ1n) is 11.9. The van der Waals surface area contributed by atoms with Crippen LogP contribution >= 0.6 is 0 Å². The molecule has 10 heteroatoms. The van der Waals surface area contributed by atoms with Crippen molar-refractivity contribution in [3.8, 4) is 5.75 Å². The number of benzene rings is 2. The maximum absolute atomic E-state index is 13.6. The van der Waals surface area contributed by atoms with E-state index >= 15 is 0 Å². The summed E-state index contributed by atoms with van der Waals surface area (Å²) in [5.41, 5.74) is 1.31. The van der Waals surface area contributed by atoms with Gasteiger partial charge in [-0.2, -0.15) is 13.2 Å². The summed E-state index contributed by atoms with van der Waals surface area (Å²) in [6.07, 6.45) is 1.05. The molecule has 6 nitrogen and oxygen atoms in total. The number of aliphatic carboxylic acids is 1. The lowest BCUT2D eigenvalue weighted by molar-refractivity contribution is -0.138. The van der Waals surface area contributed by atoms with E-state index in [9.17, 15) is 26.4 Å². The molecule has 2 saturated carbocycles. The van der Waals surface area contributed by atoms with Gasteiger partial charge in [-0.15, -0.1) is 0 Å². The number of carboxylic acid groups (broad SMARTS) is 1. The number of anilines is 1. The largest absolute Gasteiger partial charge is 0.486 e. The Morgan fingerprint density at radius 1 is 1.17 bits per heavy atom. The summed E-state index contributed by atoms with van der Waals surface area (Å²) in [7, 11) is -4.40. The molecule has 3 aliphatic rings. The highest BCUT2D eigenvalue weighted by Gasteiger charge is 2.38.